The largest absolute Gasteiger partial charge is 0.294 e. The minimum atomic E-state index is -0.279. The highest BCUT2D eigenvalue weighted by atomic mass is 19.1. The topological polar surface area (TPSA) is 15.6 Å². The van der Waals surface area contributed by atoms with Gasteiger partial charge in [0.1, 0.15) is 11.7 Å². The molecule has 1 aliphatic heterocycles. The maximum atomic E-state index is 14.1. The van der Waals surface area contributed by atoms with Crippen molar-refractivity contribution >= 4 is 22.9 Å². The number of benzene rings is 4. The van der Waals surface area contributed by atoms with Gasteiger partial charge in [-0.3, -0.25) is 4.90 Å². The highest BCUT2D eigenvalue weighted by molar-refractivity contribution is 6.18. The van der Waals surface area contributed by atoms with Crippen LogP contribution in [0.2, 0.25) is 0 Å². The van der Waals surface area contributed by atoms with Crippen molar-refractivity contribution in [1.82, 2.24) is 0 Å². The average Bonchev–Trinajstić information content (AvgIpc) is 2.89. The van der Waals surface area contributed by atoms with Gasteiger partial charge in [-0.05, 0) is 36.4 Å². The molecule has 0 radical (unpaired) electrons. The Balaban J connectivity index is 1.86. The van der Waals surface area contributed by atoms with Crippen LogP contribution in [0.1, 0.15) is 5.56 Å². The number of aliphatic imine (C=N–C) groups is 1. The predicted octanol–water partition coefficient (Wildman–Crippen LogP) is 6.72. The van der Waals surface area contributed by atoms with Gasteiger partial charge in [-0.25, -0.2) is 9.38 Å². The Morgan fingerprint density at radius 2 is 1.36 bits per heavy atom. The summed E-state index contributed by atoms with van der Waals surface area (Å²) in [6, 6.07) is 33.0. The minimum Gasteiger partial charge on any atom is -0.294 e. The molecule has 1 aliphatic rings. The van der Waals surface area contributed by atoms with Crippen molar-refractivity contribution in [2.24, 2.45) is 4.99 Å². The highest BCUT2D eigenvalue weighted by Crippen LogP contribution is 2.43. The Bertz CT molecular complexity index is 1180. The predicted molar refractivity (Wildman–Crippen MR) is 113 cm³/mol. The molecule has 4 aromatic carbocycles. The number of anilines is 2. The number of rotatable bonds is 2. The van der Waals surface area contributed by atoms with Gasteiger partial charge < -0.3 is 0 Å². The van der Waals surface area contributed by atoms with Gasteiger partial charge >= 0.3 is 0 Å². The van der Waals surface area contributed by atoms with E-state index in [1.165, 1.54) is 12.1 Å². The molecular formula is C25H17FN2. The van der Waals surface area contributed by atoms with Gasteiger partial charge in [-0.15, -0.1) is 0 Å². The summed E-state index contributed by atoms with van der Waals surface area (Å²) in [4.78, 5) is 7.10. The van der Waals surface area contributed by atoms with E-state index in [-0.39, 0.29) is 5.82 Å². The summed E-state index contributed by atoms with van der Waals surface area (Å²) in [5.41, 5.74) is 5.75. The quantitative estimate of drug-likeness (QED) is 0.385. The third-order valence-corrected chi connectivity index (χ3v) is 4.87. The van der Waals surface area contributed by atoms with Crippen LogP contribution in [0.15, 0.2) is 108 Å². The Labute approximate surface area is 163 Å². The number of nitrogens with zero attached hydrogens (tertiary/aromatic N) is 2. The number of para-hydroxylation sites is 3. The van der Waals surface area contributed by atoms with E-state index < -0.39 is 0 Å². The molecule has 0 bridgehead atoms. The van der Waals surface area contributed by atoms with E-state index in [0.717, 1.165) is 33.8 Å². The van der Waals surface area contributed by atoms with Crippen LogP contribution in [0.25, 0.3) is 11.1 Å². The molecule has 0 amide bonds. The van der Waals surface area contributed by atoms with Crippen LogP contribution in [0, 0.1) is 5.82 Å². The van der Waals surface area contributed by atoms with Crippen LogP contribution in [-0.2, 0) is 0 Å². The van der Waals surface area contributed by atoms with Crippen molar-refractivity contribution < 1.29 is 4.39 Å². The van der Waals surface area contributed by atoms with Crippen molar-refractivity contribution in [3.63, 3.8) is 0 Å². The van der Waals surface area contributed by atoms with Crippen LogP contribution in [0.4, 0.5) is 21.5 Å². The summed E-state index contributed by atoms with van der Waals surface area (Å²) >= 11 is 0. The zero-order valence-electron chi connectivity index (χ0n) is 15.1. The highest BCUT2D eigenvalue weighted by Gasteiger charge is 2.25. The van der Waals surface area contributed by atoms with Crippen LogP contribution in [-0.4, -0.2) is 5.84 Å². The molecule has 1 heterocycles. The Hall–Kier alpha value is -3.72. The lowest BCUT2D eigenvalue weighted by atomic mass is 10.0. The van der Waals surface area contributed by atoms with E-state index in [9.17, 15) is 4.39 Å². The monoisotopic (exact) mass is 364 g/mol. The van der Waals surface area contributed by atoms with E-state index in [2.05, 4.69) is 23.1 Å². The number of amidine groups is 1. The third kappa shape index (κ3) is 2.78. The molecule has 0 spiro atoms. The van der Waals surface area contributed by atoms with Gasteiger partial charge in [0.15, 0.2) is 0 Å². The van der Waals surface area contributed by atoms with Gasteiger partial charge in [-0.2, -0.15) is 0 Å². The summed E-state index contributed by atoms with van der Waals surface area (Å²) in [5, 5.41) is 0. The standard InChI is InChI=1S/C25H17FN2/c26-19-10-8-9-18(17-19)25-27-23-15-6-4-13-21(23)22-14-5-7-16-24(22)28(25)20-11-2-1-3-12-20/h1-17H. The van der Waals surface area contributed by atoms with E-state index in [0.29, 0.717) is 5.84 Å². The lowest BCUT2D eigenvalue weighted by Gasteiger charge is -2.27. The SMILES string of the molecule is Fc1cccc(C2=Nc3ccccc3-c3ccccc3N2c2ccccc2)c1. The Kier molecular flexibility index (Phi) is 3.99. The average molecular weight is 364 g/mol. The van der Waals surface area contributed by atoms with E-state index in [1.54, 1.807) is 6.07 Å². The summed E-state index contributed by atoms with van der Waals surface area (Å²) in [5.74, 6) is 0.419. The minimum absolute atomic E-state index is 0.279. The van der Waals surface area contributed by atoms with E-state index in [4.69, 9.17) is 4.99 Å². The van der Waals surface area contributed by atoms with Gasteiger partial charge in [-0.1, -0.05) is 66.7 Å². The van der Waals surface area contributed by atoms with Crippen molar-refractivity contribution in [3.05, 3.63) is 115 Å². The molecule has 2 nitrogen and oxygen atoms in total. The van der Waals surface area contributed by atoms with Crippen LogP contribution in [0.3, 0.4) is 0 Å². The van der Waals surface area contributed by atoms with Gasteiger partial charge in [0.2, 0.25) is 0 Å². The molecule has 0 unspecified atom stereocenters. The molecule has 3 heteroatoms. The fourth-order valence-corrected chi connectivity index (χ4v) is 3.63. The molecule has 134 valence electrons. The first-order chi connectivity index (χ1) is 13.8. The first-order valence-corrected chi connectivity index (χ1v) is 9.19. The Morgan fingerprint density at radius 3 is 2.18 bits per heavy atom. The second-order valence-corrected chi connectivity index (χ2v) is 6.65. The fraction of sp³-hybridized carbons (Fsp3) is 0. The van der Waals surface area contributed by atoms with Crippen LogP contribution >= 0.6 is 0 Å². The normalized spacial score (nSPS) is 12.6. The number of halogens is 1. The van der Waals surface area contributed by atoms with E-state index in [1.807, 2.05) is 66.7 Å². The van der Waals surface area contributed by atoms with Crippen molar-refractivity contribution in [3.8, 4) is 11.1 Å². The molecule has 0 atom stereocenters. The Morgan fingerprint density at radius 1 is 0.643 bits per heavy atom. The lowest BCUT2D eigenvalue weighted by molar-refractivity contribution is 0.627. The maximum Gasteiger partial charge on any atom is 0.145 e. The molecule has 5 rings (SSSR count). The molecule has 0 saturated carbocycles. The van der Waals surface area contributed by atoms with Crippen molar-refractivity contribution in [2.75, 3.05) is 4.90 Å². The van der Waals surface area contributed by atoms with Crippen molar-refractivity contribution in [2.45, 2.75) is 0 Å². The molecule has 4 aromatic rings. The van der Waals surface area contributed by atoms with Crippen molar-refractivity contribution in [1.29, 1.82) is 0 Å². The first kappa shape index (κ1) is 16.5. The molecular weight excluding hydrogens is 347 g/mol. The fourth-order valence-electron chi connectivity index (χ4n) is 3.63. The molecule has 0 aromatic heterocycles. The third-order valence-electron chi connectivity index (χ3n) is 4.87. The molecule has 0 saturated heterocycles. The molecule has 28 heavy (non-hydrogen) atoms. The summed E-state index contributed by atoms with van der Waals surface area (Å²) in [7, 11) is 0. The van der Waals surface area contributed by atoms with Gasteiger partial charge in [0.05, 0.1) is 11.4 Å². The molecule has 0 N–H and O–H groups in total. The van der Waals surface area contributed by atoms with Gasteiger partial charge in [0, 0.05) is 22.4 Å². The smallest absolute Gasteiger partial charge is 0.145 e. The summed E-state index contributed by atoms with van der Waals surface area (Å²) in [6.45, 7) is 0. The number of fused-ring (bicyclic) bond motifs is 3. The second kappa shape index (κ2) is 6.78. The first-order valence-electron chi connectivity index (χ1n) is 9.19. The van der Waals surface area contributed by atoms with Crippen LogP contribution < -0.4 is 4.90 Å². The number of hydrogen-bond donors (Lipinski definition) is 0. The molecule has 0 aliphatic carbocycles. The summed E-state index contributed by atoms with van der Waals surface area (Å²) in [6.07, 6.45) is 0. The van der Waals surface area contributed by atoms with Gasteiger partial charge in [0.25, 0.3) is 0 Å². The molecule has 0 fully saturated rings. The maximum absolute atomic E-state index is 14.1. The second-order valence-electron chi connectivity index (χ2n) is 6.65. The summed E-state index contributed by atoms with van der Waals surface area (Å²) < 4.78 is 14.1. The zero-order valence-corrected chi connectivity index (χ0v) is 15.1. The zero-order chi connectivity index (χ0) is 18.9. The number of hydrogen-bond acceptors (Lipinski definition) is 2. The van der Waals surface area contributed by atoms with Crippen LogP contribution in [0.5, 0.6) is 0 Å². The lowest BCUT2D eigenvalue weighted by Crippen LogP contribution is -2.26. The van der Waals surface area contributed by atoms with E-state index >= 15 is 0 Å².